The highest BCUT2D eigenvalue weighted by atomic mass is 127. The van der Waals surface area contributed by atoms with Crippen molar-refractivity contribution < 1.29 is 4.79 Å². The summed E-state index contributed by atoms with van der Waals surface area (Å²) in [5, 5.41) is 6.42. The lowest BCUT2D eigenvalue weighted by atomic mass is 10.1. The lowest BCUT2D eigenvalue weighted by Crippen LogP contribution is -2.30. The van der Waals surface area contributed by atoms with Gasteiger partial charge in [0, 0.05) is 20.6 Å². The van der Waals surface area contributed by atoms with E-state index in [0.29, 0.717) is 6.04 Å². The molecule has 0 aliphatic carbocycles. The Bertz CT molecular complexity index is 433. The molecule has 2 N–H and O–H groups in total. The van der Waals surface area contributed by atoms with Crippen LogP contribution in [0, 0.1) is 3.57 Å². The molecule has 1 aromatic carbocycles. The Morgan fingerprint density at radius 1 is 1.56 bits per heavy atom. The maximum atomic E-state index is 12.0. The molecule has 1 amide bonds. The standard InChI is InChI=1S/C13H16BrIN2O/c14-9-3-4-12(15)11(8-9)13(18)17-7-5-10-2-1-6-16-10/h3-4,8,10,16H,1-2,5-7H2,(H,17,18). The van der Waals surface area contributed by atoms with Gasteiger partial charge < -0.3 is 10.6 Å². The SMILES string of the molecule is O=C(NCCC1CCCN1)c1cc(Br)ccc1I. The molecule has 0 bridgehead atoms. The molecular weight excluding hydrogens is 407 g/mol. The van der Waals surface area contributed by atoms with Crippen molar-refractivity contribution in [3.05, 3.63) is 31.8 Å². The molecule has 1 heterocycles. The summed E-state index contributed by atoms with van der Waals surface area (Å²) in [6.07, 6.45) is 3.49. The third-order valence-electron chi connectivity index (χ3n) is 3.11. The van der Waals surface area contributed by atoms with Gasteiger partial charge >= 0.3 is 0 Å². The van der Waals surface area contributed by atoms with Gasteiger partial charge in [0.1, 0.15) is 0 Å². The zero-order chi connectivity index (χ0) is 13.0. The zero-order valence-corrected chi connectivity index (χ0v) is 13.8. The highest BCUT2D eigenvalue weighted by Gasteiger charge is 2.15. The fraction of sp³-hybridized carbons (Fsp3) is 0.462. The highest BCUT2D eigenvalue weighted by molar-refractivity contribution is 14.1. The van der Waals surface area contributed by atoms with Gasteiger partial charge in [0.05, 0.1) is 5.56 Å². The second-order valence-corrected chi connectivity index (χ2v) is 6.54. The molecule has 1 aliphatic rings. The minimum absolute atomic E-state index is 0.0127. The van der Waals surface area contributed by atoms with Crippen LogP contribution in [0.25, 0.3) is 0 Å². The van der Waals surface area contributed by atoms with Crippen molar-refractivity contribution in [2.75, 3.05) is 13.1 Å². The summed E-state index contributed by atoms with van der Waals surface area (Å²) in [7, 11) is 0. The number of hydrogen-bond donors (Lipinski definition) is 2. The van der Waals surface area contributed by atoms with Crippen LogP contribution in [0.15, 0.2) is 22.7 Å². The predicted molar refractivity (Wildman–Crippen MR) is 84.8 cm³/mol. The molecule has 1 unspecified atom stereocenters. The fourth-order valence-electron chi connectivity index (χ4n) is 2.13. The number of nitrogens with one attached hydrogen (secondary N) is 2. The minimum atomic E-state index is 0.0127. The number of benzene rings is 1. The summed E-state index contributed by atoms with van der Waals surface area (Å²) in [5.41, 5.74) is 0.740. The van der Waals surface area contributed by atoms with Crippen LogP contribution in [0.2, 0.25) is 0 Å². The number of hydrogen-bond acceptors (Lipinski definition) is 2. The van der Waals surface area contributed by atoms with Gasteiger partial charge in [-0.1, -0.05) is 15.9 Å². The van der Waals surface area contributed by atoms with Crippen molar-refractivity contribution in [1.29, 1.82) is 0 Å². The molecule has 1 saturated heterocycles. The van der Waals surface area contributed by atoms with E-state index >= 15 is 0 Å². The topological polar surface area (TPSA) is 41.1 Å². The molecule has 1 atom stereocenters. The van der Waals surface area contributed by atoms with E-state index in [9.17, 15) is 4.79 Å². The lowest BCUT2D eigenvalue weighted by Gasteiger charge is -2.11. The first kappa shape index (κ1) is 14.3. The van der Waals surface area contributed by atoms with Gasteiger partial charge in [-0.25, -0.2) is 0 Å². The van der Waals surface area contributed by atoms with E-state index in [4.69, 9.17) is 0 Å². The van der Waals surface area contributed by atoms with Crippen molar-refractivity contribution >= 4 is 44.4 Å². The maximum Gasteiger partial charge on any atom is 0.252 e. The van der Waals surface area contributed by atoms with Gasteiger partial charge in [0.15, 0.2) is 0 Å². The zero-order valence-electron chi connectivity index (χ0n) is 10.0. The Hall–Kier alpha value is -0.140. The second kappa shape index (κ2) is 6.86. The van der Waals surface area contributed by atoms with Crippen molar-refractivity contribution in [2.45, 2.75) is 25.3 Å². The molecule has 3 nitrogen and oxygen atoms in total. The predicted octanol–water partition coefficient (Wildman–Crippen LogP) is 2.93. The quantitative estimate of drug-likeness (QED) is 0.732. The van der Waals surface area contributed by atoms with Crippen LogP contribution in [0.4, 0.5) is 0 Å². The summed E-state index contributed by atoms with van der Waals surface area (Å²) < 4.78 is 1.91. The van der Waals surface area contributed by atoms with Crippen LogP contribution >= 0.6 is 38.5 Å². The van der Waals surface area contributed by atoms with Gasteiger partial charge in [0.25, 0.3) is 5.91 Å². The smallest absolute Gasteiger partial charge is 0.252 e. The number of amides is 1. The van der Waals surface area contributed by atoms with E-state index in [1.54, 1.807) is 0 Å². The van der Waals surface area contributed by atoms with Crippen LogP contribution in [-0.2, 0) is 0 Å². The number of rotatable bonds is 4. The van der Waals surface area contributed by atoms with E-state index in [1.165, 1.54) is 12.8 Å². The molecule has 0 saturated carbocycles. The average molecular weight is 423 g/mol. The lowest BCUT2D eigenvalue weighted by molar-refractivity contribution is 0.0951. The molecule has 0 radical (unpaired) electrons. The minimum Gasteiger partial charge on any atom is -0.352 e. The van der Waals surface area contributed by atoms with E-state index < -0.39 is 0 Å². The average Bonchev–Trinajstić information content (AvgIpc) is 2.85. The molecule has 1 aliphatic heterocycles. The van der Waals surface area contributed by atoms with Crippen LogP contribution < -0.4 is 10.6 Å². The first-order valence-corrected chi connectivity index (χ1v) is 8.00. The summed E-state index contributed by atoms with van der Waals surface area (Å²) in [6.45, 7) is 1.85. The van der Waals surface area contributed by atoms with Gasteiger partial charge in [0.2, 0.25) is 0 Å². The number of carbonyl (C=O) groups excluding carboxylic acids is 1. The first-order chi connectivity index (χ1) is 8.66. The summed E-state index contributed by atoms with van der Waals surface area (Å²) >= 11 is 5.58. The maximum absolute atomic E-state index is 12.0. The normalized spacial score (nSPS) is 18.9. The van der Waals surface area contributed by atoms with E-state index in [1.807, 2.05) is 18.2 Å². The van der Waals surface area contributed by atoms with Gasteiger partial charge in [-0.05, 0) is 66.6 Å². The van der Waals surface area contributed by atoms with Crippen LogP contribution in [-0.4, -0.2) is 25.0 Å². The van der Waals surface area contributed by atoms with E-state index in [-0.39, 0.29) is 5.91 Å². The van der Waals surface area contributed by atoms with Gasteiger partial charge in [-0.15, -0.1) is 0 Å². The Labute approximate surface area is 129 Å². The van der Waals surface area contributed by atoms with Gasteiger partial charge in [-0.3, -0.25) is 4.79 Å². The summed E-state index contributed by atoms with van der Waals surface area (Å²) in [4.78, 5) is 12.0. The Morgan fingerprint density at radius 2 is 2.39 bits per heavy atom. The molecule has 0 spiro atoms. The third kappa shape index (κ3) is 3.93. The van der Waals surface area contributed by atoms with Crippen molar-refractivity contribution in [2.24, 2.45) is 0 Å². The molecule has 5 heteroatoms. The molecule has 1 fully saturated rings. The van der Waals surface area contributed by atoms with Crippen molar-refractivity contribution in [3.8, 4) is 0 Å². The van der Waals surface area contributed by atoms with E-state index in [0.717, 1.165) is 33.1 Å². The summed E-state index contributed by atoms with van der Waals surface area (Å²) in [6, 6.07) is 6.33. The molecule has 1 aromatic rings. The molecule has 2 rings (SSSR count). The number of carbonyl (C=O) groups is 1. The largest absolute Gasteiger partial charge is 0.352 e. The summed E-state index contributed by atoms with van der Waals surface area (Å²) in [5.74, 6) is 0.0127. The fourth-order valence-corrected chi connectivity index (χ4v) is 3.07. The highest BCUT2D eigenvalue weighted by Crippen LogP contribution is 2.18. The monoisotopic (exact) mass is 422 g/mol. The molecule has 18 heavy (non-hydrogen) atoms. The van der Waals surface area contributed by atoms with Gasteiger partial charge in [-0.2, -0.15) is 0 Å². The molecular formula is C13H16BrIN2O. The van der Waals surface area contributed by atoms with Crippen molar-refractivity contribution in [3.63, 3.8) is 0 Å². The van der Waals surface area contributed by atoms with Crippen LogP contribution in [0.5, 0.6) is 0 Å². The molecule has 98 valence electrons. The second-order valence-electron chi connectivity index (χ2n) is 4.46. The third-order valence-corrected chi connectivity index (χ3v) is 4.55. The Balaban J connectivity index is 1.85. The van der Waals surface area contributed by atoms with Crippen LogP contribution in [0.1, 0.15) is 29.6 Å². The Morgan fingerprint density at radius 3 is 3.11 bits per heavy atom. The number of halogens is 2. The molecule has 0 aromatic heterocycles. The van der Waals surface area contributed by atoms with E-state index in [2.05, 4.69) is 49.2 Å². The van der Waals surface area contributed by atoms with Crippen LogP contribution in [0.3, 0.4) is 0 Å². The van der Waals surface area contributed by atoms with Crippen molar-refractivity contribution in [1.82, 2.24) is 10.6 Å². The first-order valence-electron chi connectivity index (χ1n) is 6.13. The Kier molecular flexibility index (Phi) is 5.44.